The van der Waals surface area contributed by atoms with Crippen molar-refractivity contribution in [1.29, 1.82) is 0 Å². The fourth-order valence-electron chi connectivity index (χ4n) is 6.28. The summed E-state index contributed by atoms with van der Waals surface area (Å²) in [6.45, 7) is 5.11. The summed E-state index contributed by atoms with van der Waals surface area (Å²) in [4.78, 5) is 51.2. The Morgan fingerprint density at radius 3 is 2.68 bits per heavy atom. The second-order valence-corrected chi connectivity index (χ2v) is 9.30. The molecule has 0 amide bonds. The van der Waals surface area contributed by atoms with Crippen molar-refractivity contribution in [2.24, 2.45) is 11.3 Å². The molecule has 31 heavy (non-hydrogen) atoms. The molecular weight excluding hydrogens is 404 g/mol. The SMILES string of the molecule is COC[C@H]1OC(=O)c2coc3c2[C@@]1(C)C1=C(C3=O)[C@@H]2CCC(=O)[C@@]2(C)CC1OC(C)=O. The molecule has 1 aromatic heterocycles. The molecule has 5 rings (SSSR count). The normalized spacial score (nSPS) is 36.0. The van der Waals surface area contributed by atoms with Gasteiger partial charge in [0.25, 0.3) is 0 Å². The Balaban J connectivity index is 1.82. The van der Waals surface area contributed by atoms with Gasteiger partial charge in [0.15, 0.2) is 5.76 Å². The third-order valence-corrected chi connectivity index (χ3v) is 7.70. The van der Waals surface area contributed by atoms with E-state index in [1.807, 2.05) is 13.8 Å². The average Bonchev–Trinajstić information content (AvgIpc) is 3.27. The molecule has 1 saturated carbocycles. The van der Waals surface area contributed by atoms with Crippen LogP contribution in [0.4, 0.5) is 0 Å². The van der Waals surface area contributed by atoms with Crippen LogP contribution in [0, 0.1) is 11.3 Å². The first-order valence-electron chi connectivity index (χ1n) is 10.5. The zero-order chi connectivity index (χ0) is 22.3. The molecule has 0 aromatic carbocycles. The van der Waals surface area contributed by atoms with E-state index in [1.165, 1.54) is 20.3 Å². The van der Waals surface area contributed by atoms with Crippen LogP contribution in [0.15, 0.2) is 21.8 Å². The first-order valence-corrected chi connectivity index (χ1v) is 10.5. The van der Waals surface area contributed by atoms with E-state index in [4.69, 9.17) is 18.6 Å². The Morgan fingerprint density at radius 2 is 2.00 bits per heavy atom. The Labute approximate surface area is 178 Å². The van der Waals surface area contributed by atoms with E-state index in [0.717, 1.165) is 0 Å². The molecule has 2 heterocycles. The number of methoxy groups -OCH3 is 1. The van der Waals surface area contributed by atoms with Crippen molar-refractivity contribution in [2.75, 3.05) is 13.7 Å². The van der Waals surface area contributed by atoms with Crippen LogP contribution in [-0.4, -0.2) is 49.4 Å². The second kappa shape index (κ2) is 6.38. The van der Waals surface area contributed by atoms with Crippen LogP contribution in [0.3, 0.4) is 0 Å². The van der Waals surface area contributed by atoms with E-state index < -0.39 is 35.0 Å². The number of cyclic esters (lactones) is 1. The van der Waals surface area contributed by atoms with Gasteiger partial charge in [0.05, 0.1) is 12.0 Å². The van der Waals surface area contributed by atoms with Gasteiger partial charge in [-0.2, -0.15) is 0 Å². The summed E-state index contributed by atoms with van der Waals surface area (Å²) in [5.74, 6) is -1.58. The average molecular weight is 428 g/mol. The van der Waals surface area contributed by atoms with Crippen molar-refractivity contribution in [3.8, 4) is 0 Å². The van der Waals surface area contributed by atoms with Crippen LogP contribution in [0.25, 0.3) is 0 Å². The summed E-state index contributed by atoms with van der Waals surface area (Å²) in [5, 5.41) is 0. The Bertz CT molecular complexity index is 1080. The van der Waals surface area contributed by atoms with Crippen molar-refractivity contribution < 1.29 is 37.8 Å². The van der Waals surface area contributed by atoms with Gasteiger partial charge in [0.2, 0.25) is 5.78 Å². The number of carbonyl (C=O) groups excluding carboxylic acids is 4. The first-order chi connectivity index (χ1) is 14.6. The van der Waals surface area contributed by atoms with Crippen molar-refractivity contribution in [3.63, 3.8) is 0 Å². The highest BCUT2D eigenvalue weighted by Gasteiger charge is 2.64. The first kappa shape index (κ1) is 20.2. The number of Topliss-reactive ketones (excluding diaryl/α,β-unsaturated/α-hetero) is 2. The van der Waals surface area contributed by atoms with Crippen molar-refractivity contribution >= 4 is 23.5 Å². The molecule has 164 valence electrons. The molecule has 1 unspecified atom stereocenters. The Morgan fingerprint density at radius 1 is 1.26 bits per heavy atom. The number of hydrogen-bond acceptors (Lipinski definition) is 8. The van der Waals surface area contributed by atoms with Gasteiger partial charge in [-0.25, -0.2) is 4.79 Å². The monoisotopic (exact) mass is 428 g/mol. The second-order valence-electron chi connectivity index (χ2n) is 9.30. The van der Waals surface area contributed by atoms with E-state index in [-0.39, 0.29) is 41.8 Å². The van der Waals surface area contributed by atoms with Gasteiger partial charge >= 0.3 is 11.9 Å². The van der Waals surface area contributed by atoms with E-state index in [1.54, 1.807) is 0 Å². The van der Waals surface area contributed by atoms with Gasteiger partial charge in [-0.3, -0.25) is 14.4 Å². The quantitative estimate of drug-likeness (QED) is 0.676. The molecule has 0 saturated heterocycles. The number of rotatable bonds is 3. The summed E-state index contributed by atoms with van der Waals surface area (Å²) in [6.07, 6.45) is 0.906. The van der Waals surface area contributed by atoms with E-state index >= 15 is 0 Å². The summed E-state index contributed by atoms with van der Waals surface area (Å²) in [5.41, 5.74) is -0.0741. The maximum atomic E-state index is 13.7. The lowest BCUT2D eigenvalue weighted by molar-refractivity contribution is -0.149. The van der Waals surface area contributed by atoms with Gasteiger partial charge in [0, 0.05) is 49.3 Å². The van der Waals surface area contributed by atoms with Crippen LogP contribution < -0.4 is 0 Å². The minimum absolute atomic E-state index is 0.0635. The van der Waals surface area contributed by atoms with E-state index in [9.17, 15) is 19.2 Å². The maximum Gasteiger partial charge on any atom is 0.342 e. The maximum absolute atomic E-state index is 13.7. The Hall–Kier alpha value is -2.74. The molecule has 8 heteroatoms. The van der Waals surface area contributed by atoms with Gasteiger partial charge in [-0.15, -0.1) is 0 Å². The molecule has 0 radical (unpaired) electrons. The molecule has 1 fully saturated rings. The highest BCUT2D eigenvalue weighted by atomic mass is 16.6. The molecule has 1 aromatic rings. The number of hydrogen-bond donors (Lipinski definition) is 0. The van der Waals surface area contributed by atoms with Crippen LogP contribution >= 0.6 is 0 Å². The lowest BCUT2D eigenvalue weighted by Crippen LogP contribution is -2.57. The zero-order valence-electron chi connectivity index (χ0n) is 17.9. The van der Waals surface area contributed by atoms with Gasteiger partial charge in [-0.05, 0) is 18.9 Å². The highest BCUT2D eigenvalue weighted by Crippen LogP contribution is 2.61. The number of fused-ring (bicyclic) bond motifs is 3. The molecule has 0 bridgehead atoms. The molecule has 4 aliphatic rings. The van der Waals surface area contributed by atoms with Crippen LogP contribution in [0.1, 0.15) is 66.5 Å². The van der Waals surface area contributed by atoms with Crippen LogP contribution in [0.5, 0.6) is 0 Å². The number of esters is 2. The zero-order valence-corrected chi connectivity index (χ0v) is 17.9. The van der Waals surface area contributed by atoms with Crippen LogP contribution in [-0.2, 0) is 29.2 Å². The lowest BCUT2D eigenvalue weighted by Gasteiger charge is -2.51. The summed E-state index contributed by atoms with van der Waals surface area (Å²) in [6, 6.07) is 0. The predicted octanol–water partition coefficient (Wildman–Crippen LogP) is 2.54. The summed E-state index contributed by atoms with van der Waals surface area (Å²) < 4.78 is 22.4. The summed E-state index contributed by atoms with van der Waals surface area (Å²) >= 11 is 0. The molecule has 1 aliphatic heterocycles. The number of ether oxygens (including phenoxy) is 3. The highest BCUT2D eigenvalue weighted by molar-refractivity contribution is 6.14. The number of carbonyl (C=O) groups is 4. The number of ketones is 2. The topological polar surface area (TPSA) is 109 Å². The number of furan rings is 1. The van der Waals surface area contributed by atoms with Crippen molar-refractivity contribution in [1.82, 2.24) is 0 Å². The molecule has 3 aliphatic carbocycles. The molecule has 8 nitrogen and oxygen atoms in total. The predicted molar refractivity (Wildman–Crippen MR) is 105 cm³/mol. The van der Waals surface area contributed by atoms with Gasteiger partial charge < -0.3 is 18.6 Å². The standard InChI is InChI=1S/C23H24O8/c1-10(24)30-13-7-22(2)12(5-6-14(22)25)16-18(13)23(3)15(9-28-4)31-21(27)11-8-29-20(17(11)23)19(16)26/h8,12-13,15H,5-7,9H2,1-4H3/t12-,13?,15+,22-,23-/m0/s1. The third-order valence-electron chi connectivity index (χ3n) is 7.70. The summed E-state index contributed by atoms with van der Waals surface area (Å²) in [7, 11) is 1.50. The van der Waals surface area contributed by atoms with Crippen LogP contribution in [0.2, 0.25) is 0 Å². The van der Waals surface area contributed by atoms with Crippen molar-refractivity contribution in [2.45, 2.75) is 57.7 Å². The lowest BCUT2D eigenvalue weighted by atomic mass is 9.54. The largest absolute Gasteiger partial charge is 0.460 e. The molecule has 0 spiro atoms. The minimum Gasteiger partial charge on any atom is -0.460 e. The third kappa shape index (κ3) is 2.39. The van der Waals surface area contributed by atoms with Crippen molar-refractivity contribution in [3.05, 3.63) is 34.3 Å². The number of allylic oxidation sites excluding steroid dienone is 1. The van der Waals surface area contributed by atoms with E-state index in [2.05, 4.69) is 0 Å². The fraction of sp³-hybridized carbons (Fsp3) is 0.565. The molecule has 0 N–H and O–H groups in total. The minimum atomic E-state index is -0.988. The van der Waals surface area contributed by atoms with Gasteiger partial charge in [0.1, 0.15) is 29.8 Å². The van der Waals surface area contributed by atoms with Gasteiger partial charge in [-0.1, -0.05) is 6.92 Å². The molecular formula is C23H24O8. The Kier molecular flexibility index (Phi) is 4.16. The smallest absolute Gasteiger partial charge is 0.342 e. The van der Waals surface area contributed by atoms with E-state index in [0.29, 0.717) is 29.6 Å². The molecule has 5 atom stereocenters. The fourth-order valence-corrected chi connectivity index (χ4v) is 6.28.